The zero-order valence-electron chi connectivity index (χ0n) is 11.2. The Kier molecular flexibility index (Phi) is 6.60. The second kappa shape index (κ2) is 7.97. The smallest absolute Gasteiger partial charge is 0.126 e. The van der Waals surface area contributed by atoms with Gasteiger partial charge in [-0.25, -0.2) is 4.98 Å². The first kappa shape index (κ1) is 15.7. The molecule has 0 aromatic carbocycles. The van der Waals surface area contributed by atoms with Gasteiger partial charge in [0.15, 0.2) is 0 Å². The Morgan fingerprint density at radius 1 is 1.53 bits per heavy atom. The Balaban J connectivity index is 2.93. The summed E-state index contributed by atoms with van der Waals surface area (Å²) in [6, 6.07) is 1.88. The number of pyridine rings is 1. The molecule has 3 nitrogen and oxygen atoms in total. The average Bonchev–Trinajstić information content (AvgIpc) is 2.39. The van der Waals surface area contributed by atoms with E-state index in [0.717, 1.165) is 23.4 Å². The first-order valence-electron chi connectivity index (χ1n) is 5.97. The largest absolute Gasteiger partial charge is 0.373 e. The highest BCUT2D eigenvalue weighted by Gasteiger charge is 2.04. The van der Waals surface area contributed by atoms with E-state index in [-0.39, 0.29) is 0 Å². The average molecular weight is 298 g/mol. The van der Waals surface area contributed by atoms with E-state index >= 15 is 0 Å². The Labute approximate surface area is 124 Å². The van der Waals surface area contributed by atoms with E-state index in [9.17, 15) is 0 Å². The monoisotopic (exact) mass is 297 g/mol. The Bertz CT molecular complexity index is 519. The summed E-state index contributed by atoms with van der Waals surface area (Å²) >= 11 is 12.0. The van der Waals surface area contributed by atoms with Crippen molar-refractivity contribution in [2.75, 3.05) is 12.4 Å². The van der Waals surface area contributed by atoms with Gasteiger partial charge in [-0.1, -0.05) is 36.2 Å². The van der Waals surface area contributed by atoms with Crippen molar-refractivity contribution in [2.24, 2.45) is 4.99 Å². The van der Waals surface area contributed by atoms with Crippen LogP contribution >= 0.6 is 23.2 Å². The van der Waals surface area contributed by atoms with Gasteiger partial charge < -0.3 is 5.32 Å². The van der Waals surface area contributed by atoms with Gasteiger partial charge in [0.1, 0.15) is 5.82 Å². The van der Waals surface area contributed by atoms with Crippen LogP contribution in [0.15, 0.2) is 34.6 Å². The summed E-state index contributed by atoms with van der Waals surface area (Å²) in [5.41, 5.74) is 1.84. The summed E-state index contributed by atoms with van der Waals surface area (Å²) in [6.45, 7) is 3.96. The van der Waals surface area contributed by atoms with Gasteiger partial charge in [-0.2, -0.15) is 0 Å². The lowest BCUT2D eigenvalue weighted by molar-refractivity contribution is 1.22. The van der Waals surface area contributed by atoms with Crippen LogP contribution in [-0.2, 0) is 0 Å². The van der Waals surface area contributed by atoms with Crippen molar-refractivity contribution in [1.29, 1.82) is 0 Å². The Morgan fingerprint density at radius 3 is 2.89 bits per heavy atom. The number of halogens is 2. The molecule has 1 rings (SSSR count). The van der Waals surface area contributed by atoms with Crippen LogP contribution in [0.1, 0.15) is 25.8 Å². The van der Waals surface area contributed by atoms with Crippen molar-refractivity contribution in [2.45, 2.75) is 20.3 Å². The Morgan fingerprint density at radius 2 is 2.26 bits per heavy atom. The van der Waals surface area contributed by atoms with Gasteiger partial charge in [-0.05, 0) is 25.0 Å². The normalized spacial score (nSPS) is 13.1. The number of aromatic nitrogens is 1. The fourth-order valence-corrected chi connectivity index (χ4v) is 1.88. The van der Waals surface area contributed by atoms with E-state index in [1.807, 2.05) is 33.0 Å². The molecule has 5 heteroatoms. The molecule has 0 aliphatic heterocycles. The number of allylic oxidation sites excluding steroid dienone is 3. The minimum atomic E-state index is 0.596. The number of aliphatic imine (C=N–C) groups is 1. The molecular formula is C14H17Cl2N3. The first-order chi connectivity index (χ1) is 9.08. The fraction of sp³-hybridized carbons (Fsp3) is 0.286. The fourth-order valence-electron chi connectivity index (χ4n) is 1.42. The van der Waals surface area contributed by atoms with Crippen LogP contribution in [0.3, 0.4) is 0 Å². The van der Waals surface area contributed by atoms with Crippen molar-refractivity contribution in [3.8, 4) is 0 Å². The summed E-state index contributed by atoms with van der Waals surface area (Å²) in [6.07, 6.45) is 7.74. The Hall–Kier alpha value is -1.32. The standard InChI is InChI=1S/C14H17Cl2N3/c1-4-5-11(15)8-18-7-10(2)12-6-14(17-3)19-9-13(12)16/h5-9H,4H2,1-3H3,(H,17,19)/b10-7+,11-5-,18-8+. The molecule has 1 heterocycles. The number of rotatable bonds is 5. The predicted molar refractivity (Wildman–Crippen MR) is 85.2 cm³/mol. The summed E-state index contributed by atoms with van der Waals surface area (Å²) in [5, 5.41) is 4.20. The maximum atomic E-state index is 6.12. The van der Waals surface area contributed by atoms with E-state index in [0.29, 0.717) is 10.1 Å². The maximum Gasteiger partial charge on any atom is 0.126 e. The number of hydrogen-bond acceptors (Lipinski definition) is 3. The lowest BCUT2D eigenvalue weighted by atomic mass is 10.1. The maximum absolute atomic E-state index is 6.12. The van der Waals surface area contributed by atoms with E-state index in [1.165, 1.54) is 0 Å². The summed E-state index contributed by atoms with van der Waals surface area (Å²) in [7, 11) is 1.81. The van der Waals surface area contributed by atoms with Crippen molar-refractivity contribution in [3.63, 3.8) is 0 Å². The van der Waals surface area contributed by atoms with Crippen LogP contribution in [0.25, 0.3) is 5.57 Å². The third-order valence-corrected chi connectivity index (χ3v) is 2.95. The molecule has 0 bridgehead atoms. The van der Waals surface area contributed by atoms with Gasteiger partial charge in [0, 0.05) is 31.2 Å². The lowest BCUT2D eigenvalue weighted by Gasteiger charge is -2.06. The molecule has 0 saturated carbocycles. The highest BCUT2D eigenvalue weighted by atomic mass is 35.5. The molecule has 102 valence electrons. The summed E-state index contributed by atoms with van der Waals surface area (Å²) in [5.74, 6) is 0.764. The molecule has 0 aliphatic rings. The minimum Gasteiger partial charge on any atom is -0.373 e. The summed E-state index contributed by atoms with van der Waals surface area (Å²) < 4.78 is 0. The molecule has 0 saturated heterocycles. The van der Waals surface area contributed by atoms with Gasteiger partial charge >= 0.3 is 0 Å². The molecule has 0 spiro atoms. The van der Waals surface area contributed by atoms with E-state index in [1.54, 1.807) is 18.6 Å². The van der Waals surface area contributed by atoms with Crippen molar-refractivity contribution < 1.29 is 0 Å². The SMILES string of the molecule is CC/C=C(Cl)/C=N/C=C(\C)c1cc(NC)ncc1Cl. The molecule has 0 radical (unpaired) electrons. The van der Waals surface area contributed by atoms with Gasteiger partial charge in [-0.15, -0.1) is 0 Å². The van der Waals surface area contributed by atoms with Crippen LogP contribution in [0.2, 0.25) is 5.02 Å². The third kappa shape index (κ3) is 5.05. The van der Waals surface area contributed by atoms with Gasteiger partial charge in [0.25, 0.3) is 0 Å². The lowest BCUT2D eigenvalue weighted by Crippen LogP contribution is -1.93. The van der Waals surface area contributed by atoms with Crippen LogP contribution in [0, 0.1) is 0 Å². The zero-order chi connectivity index (χ0) is 14.3. The number of hydrogen-bond donors (Lipinski definition) is 1. The number of anilines is 1. The van der Waals surface area contributed by atoms with Crippen LogP contribution in [-0.4, -0.2) is 18.2 Å². The van der Waals surface area contributed by atoms with E-state index in [2.05, 4.69) is 15.3 Å². The molecule has 1 N–H and O–H groups in total. The zero-order valence-corrected chi connectivity index (χ0v) is 12.8. The van der Waals surface area contributed by atoms with E-state index in [4.69, 9.17) is 23.2 Å². The minimum absolute atomic E-state index is 0.596. The van der Waals surface area contributed by atoms with Crippen LogP contribution < -0.4 is 5.32 Å². The quantitative estimate of drug-likeness (QED) is 0.797. The summed E-state index contributed by atoms with van der Waals surface area (Å²) in [4.78, 5) is 8.31. The molecule has 1 aromatic heterocycles. The predicted octanol–water partition coefficient (Wildman–Crippen LogP) is 4.74. The molecule has 1 aromatic rings. The highest BCUT2D eigenvalue weighted by molar-refractivity contribution is 6.39. The van der Waals surface area contributed by atoms with Crippen molar-refractivity contribution >= 4 is 40.8 Å². The molecule has 19 heavy (non-hydrogen) atoms. The topological polar surface area (TPSA) is 37.3 Å². The van der Waals surface area contributed by atoms with Gasteiger partial charge in [-0.3, -0.25) is 4.99 Å². The first-order valence-corrected chi connectivity index (χ1v) is 6.73. The van der Waals surface area contributed by atoms with Crippen LogP contribution in [0.5, 0.6) is 0 Å². The van der Waals surface area contributed by atoms with Gasteiger partial charge in [0.2, 0.25) is 0 Å². The van der Waals surface area contributed by atoms with Crippen molar-refractivity contribution in [3.05, 3.63) is 40.2 Å². The second-order valence-corrected chi connectivity index (χ2v) is 4.73. The van der Waals surface area contributed by atoms with Gasteiger partial charge in [0.05, 0.1) is 10.1 Å². The highest BCUT2D eigenvalue weighted by Crippen LogP contribution is 2.25. The molecule has 0 amide bonds. The molecular weight excluding hydrogens is 281 g/mol. The molecule has 0 unspecified atom stereocenters. The number of nitrogens with one attached hydrogen (secondary N) is 1. The van der Waals surface area contributed by atoms with E-state index < -0.39 is 0 Å². The molecule has 0 atom stereocenters. The molecule has 0 fully saturated rings. The number of nitrogens with zero attached hydrogens (tertiary/aromatic N) is 2. The second-order valence-electron chi connectivity index (χ2n) is 3.89. The third-order valence-electron chi connectivity index (χ3n) is 2.40. The van der Waals surface area contributed by atoms with Crippen molar-refractivity contribution in [1.82, 2.24) is 4.98 Å². The molecule has 0 aliphatic carbocycles. The van der Waals surface area contributed by atoms with Crippen LogP contribution in [0.4, 0.5) is 5.82 Å².